The van der Waals surface area contributed by atoms with Crippen molar-refractivity contribution < 1.29 is 18.8 Å². The van der Waals surface area contributed by atoms with Crippen LogP contribution in [0.3, 0.4) is 0 Å². The first kappa shape index (κ1) is 18.7. The van der Waals surface area contributed by atoms with E-state index < -0.39 is 11.8 Å². The molecule has 1 aromatic carbocycles. The lowest BCUT2D eigenvalue weighted by Gasteiger charge is -2.29. The molecule has 0 unspecified atom stereocenters. The zero-order valence-corrected chi connectivity index (χ0v) is 15.5. The minimum absolute atomic E-state index is 0.189. The first-order valence-corrected chi connectivity index (χ1v) is 9.03. The Bertz CT molecular complexity index is 843. The molecule has 0 saturated carbocycles. The summed E-state index contributed by atoms with van der Waals surface area (Å²) in [5, 5.41) is 5.20. The molecule has 0 spiro atoms. The standard InChI is InChI=1S/C20H23N3O4/c1-13(2)12-21-18(24)19(25)22-15-7-8-16-14(11-15)5-3-9-23(16)20(26)17-6-4-10-27-17/h4,6-8,10-11,13H,3,5,9,12H2,1-2H3,(H,21,24)(H,22,25). The van der Waals surface area contributed by atoms with Gasteiger partial charge in [0.15, 0.2) is 5.76 Å². The van der Waals surface area contributed by atoms with Crippen molar-refractivity contribution in [1.82, 2.24) is 5.32 Å². The second-order valence-electron chi connectivity index (χ2n) is 6.94. The summed E-state index contributed by atoms with van der Waals surface area (Å²) in [6.45, 7) is 4.96. The smallest absolute Gasteiger partial charge is 0.313 e. The number of aryl methyl sites for hydroxylation is 1. The molecule has 7 heteroatoms. The largest absolute Gasteiger partial charge is 0.459 e. The minimum Gasteiger partial charge on any atom is -0.459 e. The normalized spacial score (nSPS) is 13.2. The van der Waals surface area contributed by atoms with Gasteiger partial charge in [0.1, 0.15) is 0 Å². The van der Waals surface area contributed by atoms with E-state index in [9.17, 15) is 14.4 Å². The monoisotopic (exact) mass is 369 g/mol. The predicted molar refractivity (Wildman–Crippen MR) is 102 cm³/mol. The highest BCUT2D eigenvalue weighted by Gasteiger charge is 2.25. The van der Waals surface area contributed by atoms with Crippen molar-refractivity contribution in [3.63, 3.8) is 0 Å². The van der Waals surface area contributed by atoms with Crippen LogP contribution in [0.1, 0.15) is 36.4 Å². The van der Waals surface area contributed by atoms with Gasteiger partial charge < -0.3 is 20.0 Å². The van der Waals surface area contributed by atoms with E-state index in [-0.39, 0.29) is 11.8 Å². The van der Waals surface area contributed by atoms with Crippen molar-refractivity contribution in [2.45, 2.75) is 26.7 Å². The maximum absolute atomic E-state index is 12.6. The molecule has 3 rings (SSSR count). The number of rotatable bonds is 4. The number of hydrogen-bond acceptors (Lipinski definition) is 4. The van der Waals surface area contributed by atoms with Gasteiger partial charge in [0.05, 0.1) is 6.26 Å². The number of hydrogen-bond donors (Lipinski definition) is 2. The number of carbonyl (C=O) groups excluding carboxylic acids is 3. The van der Waals surface area contributed by atoms with Gasteiger partial charge >= 0.3 is 11.8 Å². The molecule has 0 atom stereocenters. The van der Waals surface area contributed by atoms with Crippen molar-refractivity contribution in [2.24, 2.45) is 5.92 Å². The Morgan fingerprint density at radius 2 is 2.00 bits per heavy atom. The van der Waals surface area contributed by atoms with E-state index in [4.69, 9.17) is 4.42 Å². The third-order valence-corrected chi connectivity index (χ3v) is 4.31. The Morgan fingerprint density at radius 1 is 1.19 bits per heavy atom. The van der Waals surface area contributed by atoms with Crippen LogP contribution in [-0.2, 0) is 16.0 Å². The van der Waals surface area contributed by atoms with Crippen LogP contribution < -0.4 is 15.5 Å². The summed E-state index contributed by atoms with van der Waals surface area (Å²) in [5.74, 6) is -0.984. The number of anilines is 2. The molecule has 0 aliphatic carbocycles. The molecule has 1 aliphatic heterocycles. The average molecular weight is 369 g/mol. The Labute approximate surface area is 157 Å². The van der Waals surface area contributed by atoms with E-state index in [1.54, 1.807) is 29.2 Å². The van der Waals surface area contributed by atoms with Crippen molar-refractivity contribution in [1.29, 1.82) is 0 Å². The van der Waals surface area contributed by atoms with Crippen LogP contribution in [0.4, 0.5) is 11.4 Å². The van der Waals surface area contributed by atoms with Gasteiger partial charge in [-0.3, -0.25) is 14.4 Å². The number of nitrogens with one attached hydrogen (secondary N) is 2. The summed E-state index contributed by atoms with van der Waals surface area (Å²) in [5.41, 5.74) is 2.28. The SMILES string of the molecule is CC(C)CNC(=O)C(=O)Nc1ccc2c(c1)CCCN2C(=O)c1ccco1. The Balaban J connectivity index is 1.72. The maximum atomic E-state index is 12.6. The van der Waals surface area contributed by atoms with Crippen LogP contribution in [-0.4, -0.2) is 30.8 Å². The molecular formula is C20H23N3O4. The number of benzene rings is 1. The van der Waals surface area contributed by atoms with Gasteiger partial charge in [-0.05, 0) is 54.7 Å². The lowest BCUT2D eigenvalue weighted by molar-refractivity contribution is -0.136. The fourth-order valence-electron chi connectivity index (χ4n) is 2.98. The van der Waals surface area contributed by atoms with Crippen LogP contribution in [0, 0.1) is 5.92 Å². The molecule has 1 aromatic heterocycles. The lowest BCUT2D eigenvalue weighted by atomic mass is 10.0. The third kappa shape index (κ3) is 4.36. The molecular weight excluding hydrogens is 346 g/mol. The number of fused-ring (bicyclic) bond motifs is 1. The second kappa shape index (κ2) is 8.07. The Hall–Kier alpha value is -3.09. The predicted octanol–water partition coefficient (Wildman–Crippen LogP) is 2.58. The van der Waals surface area contributed by atoms with Gasteiger partial charge in [-0.25, -0.2) is 0 Å². The topological polar surface area (TPSA) is 91.7 Å². The van der Waals surface area contributed by atoms with Gasteiger partial charge in [-0.15, -0.1) is 0 Å². The first-order valence-electron chi connectivity index (χ1n) is 9.03. The molecule has 2 N–H and O–H groups in total. The Kier molecular flexibility index (Phi) is 5.59. The van der Waals surface area contributed by atoms with Crippen LogP contribution in [0.25, 0.3) is 0 Å². The molecule has 7 nitrogen and oxygen atoms in total. The summed E-state index contributed by atoms with van der Waals surface area (Å²) < 4.78 is 5.21. The van der Waals surface area contributed by atoms with Gasteiger partial charge in [0.25, 0.3) is 5.91 Å². The number of carbonyl (C=O) groups is 3. The van der Waals surface area contributed by atoms with E-state index in [0.29, 0.717) is 24.5 Å². The molecule has 0 fully saturated rings. The fraction of sp³-hybridized carbons (Fsp3) is 0.350. The number of furan rings is 1. The van der Waals surface area contributed by atoms with Crippen molar-refractivity contribution >= 4 is 29.1 Å². The van der Waals surface area contributed by atoms with Crippen molar-refractivity contribution in [2.75, 3.05) is 23.3 Å². The zero-order chi connectivity index (χ0) is 19.4. The third-order valence-electron chi connectivity index (χ3n) is 4.31. The molecule has 142 valence electrons. The summed E-state index contributed by atoms with van der Waals surface area (Å²) in [6.07, 6.45) is 3.08. The van der Waals surface area contributed by atoms with Crippen LogP contribution >= 0.6 is 0 Å². The molecule has 0 radical (unpaired) electrons. The molecule has 2 heterocycles. The van der Waals surface area contributed by atoms with Crippen LogP contribution in [0.15, 0.2) is 41.0 Å². The average Bonchev–Trinajstić information content (AvgIpc) is 3.19. The summed E-state index contributed by atoms with van der Waals surface area (Å²) in [6, 6.07) is 8.61. The molecule has 0 saturated heterocycles. The highest BCUT2D eigenvalue weighted by atomic mass is 16.3. The van der Waals surface area contributed by atoms with E-state index >= 15 is 0 Å². The summed E-state index contributed by atoms with van der Waals surface area (Å²) in [4.78, 5) is 38.1. The quantitative estimate of drug-likeness (QED) is 0.811. The van der Waals surface area contributed by atoms with Gasteiger partial charge in [-0.1, -0.05) is 13.8 Å². The van der Waals surface area contributed by atoms with Crippen molar-refractivity contribution in [3.8, 4) is 0 Å². The van der Waals surface area contributed by atoms with E-state index in [2.05, 4.69) is 10.6 Å². The molecule has 3 amide bonds. The molecule has 0 bridgehead atoms. The van der Waals surface area contributed by atoms with E-state index in [1.807, 2.05) is 19.9 Å². The van der Waals surface area contributed by atoms with Crippen molar-refractivity contribution in [3.05, 3.63) is 47.9 Å². The number of amides is 3. The molecule has 2 aromatic rings. The van der Waals surface area contributed by atoms with Crippen LogP contribution in [0.5, 0.6) is 0 Å². The van der Waals surface area contributed by atoms with Gasteiger partial charge in [0, 0.05) is 24.5 Å². The molecule has 27 heavy (non-hydrogen) atoms. The summed E-state index contributed by atoms with van der Waals surface area (Å²) in [7, 11) is 0. The fourth-order valence-corrected chi connectivity index (χ4v) is 2.98. The lowest BCUT2D eigenvalue weighted by Crippen LogP contribution is -2.37. The van der Waals surface area contributed by atoms with E-state index in [0.717, 1.165) is 24.1 Å². The highest BCUT2D eigenvalue weighted by Crippen LogP contribution is 2.31. The van der Waals surface area contributed by atoms with E-state index in [1.165, 1.54) is 6.26 Å². The van der Waals surface area contributed by atoms with Gasteiger partial charge in [-0.2, -0.15) is 0 Å². The maximum Gasteiger partial charge on any atom is 0.313 e. The Morgan fingerprint density at radius 3 is 2.70 bits per heavy atom. The second-order valence-corrected chi connectivity index (χ2v) is 6.94. The zero-order valence-electron chi connectivity index (χ0n) is 15.5. The van der Waals surface area contributed by atoms with Crippen LogP contribution in [0.2, 0.25) is 0 Å². The first-order chi connectivity index (χ1) is 13.0. The molecule has 1 aliphatic rings. The minimum atomic E-state index is -0.699. The van der Waals surface area contributed by atoms with Gasteiger partial charge in [0.2, 0.25) is 0 Å². The summed E-state index contributed by atoms with van der Waals surface area (Å²) >= 11 is 0. The highest BCUT2D eigenvalue weighted by molar-refractivity contribution is 6.39. The number of nitrogens with zero attached hydrogens (tertiary/aromatic N) is 1.